The van der Waals surface area contributed by atoms with Crippen molar-refractivity contribution in [3.63, 3.8) is 0 Å². The topological polar surface area (TPSA) is 24.9 Å². The van der Waals surface area contributed by atoms with Gasteiger partial charge in [-0.1, -0.05) is 153 Å². The lowest BCUT2D eigenvalue weighted by Gasteiger charge is -2.32. The Labute approximate surface area is 374 Å². The summed E-state index contributed by atoms with van der Waals surface area (Å²) in [6, 6.07) is 66.3. The van der Waals surface area contributed by atoms with Crippen LogP contribution in [0, 0.1) is 0 Å². The Kier molecular flexibility index (Phi) is 9.75. The van der Waals surface area contributed by atoms with Crippen molar-refractivity contribution < 1.29 is 9.47 Å². The van der Waals surface area contributed by atoms with Gasteiger partial charge in [0.05, 0.1) is 5.69 Å². The third kappa shape index (κ3) is 6.64. The van der Waals surface area contributed by atoms with E-state index in [1.165, 1.54) is 21.5 Å². The minimum atomic E-state index is 0.556. The normalized spacial score (nSPS) is 12.7. The molecule has 0 unspecified atom stereocenters. The molecule has 0 saturated heterocycles. The molecule has 11 rings (SSSR count). The highest BCUT2D eigenvalue weighted by Gasteiger charge is 2.32. The van der Waals surface area contributed by atoms with E-state index in [1.54, 1.807) is 0 Å². The summed E-state index contributed by atoms with van der Waals surface area (Å²) in [4.78, 5) is 4.66. The second kappa shape index (κ2) is 16.2. The highest BCUT2D eigenvalue weighted by molar-refractivity contribution is 6.14. The number of nitrogens with zero attached hydrogens (tertiary/aromatic N) is 2. The summed E-state index contributed by atoms with van der Waals surface area (Å²) in [5.74, 6) is 2.78. The van der Waals surface area contributed by atoms with E-state index in [9.17, 15) is 0 Å². The molecule has 0 bridgehead atoms. The Hall–Kier alpha value is -8.34. The molecule has 0 saturated carbocycles. The minimum Gasteiger partial charge on any atom is -0.457 e. The number of para-hydroxylation sites is 2. The van der Waals surface area contributed by atoms with Crippen LogP contribution in [0.5, 0.6) is 17.2 Å². The Morgan fingerprint density at radius 2 is 1.12 bits per heavy atom. The summed E-state index contributed by atoms with van der Waals surface area (Å²) in [6.07, 6.45) is 8.37. The lowest BCUT2D eigenvalue weighted by Crippen LogP contribution is -2.18. The fourth-order valence-electron chi connectivity index (χ4n) is 9.38. The van der Waals surface area contributed by atoms with Crippen LogP contribution < -0.4 is 19.3 Å². The van der Waals surface area contributed by atoms with Gasteiger partial charge in [-0.15, -0.1) is 0 Å². The number of benzene rings is 9. The maximum atomic E-state index is 6.83. The average Bonchev–Trinajstić information content (AvgIpc) is 3.34. The zero-order chi connectivity index (χ0) is 43.1. The van der Waals surface area contributed by atoms with Gasteiger partial charge in [-0.3, -0.25) is 0 Å². The highest BCUT2D eigenvalue weighted by Crippen LogP contribution is 2.54. The lowest BCUT2D eigenvalue weighted by molar-refractivity contribution is 0.471. The number of fused-ring (bicyclic) bond motifs is 9. The number of anilines is 5. The summed E-state index contributed by atoms with van der Waals surface area (Å²) in [7, 11) is 0. The molecule has 2 aliphatic rings. The average molecular weight is 825 g/mol. The molecule has 2 aliphatic heterocycles. The van der Waals surface area contributed by atoms with Crippen LogP contribution in [-0.2, 0) is 0 Å². The first-order chi connectivity index (χ1) is 31.6. The summed E-state index contributed by atoms with van der Waals surface area (Å²) in [5.41, 5.74) is 13.2. The molecule has 0 spiro atoms. The van der Waals surface area contributed by atoms with E-state index in [0.717, 1.165) is 90.2 Å². The van der Waals surface area contributed by atoms with Gasteiger partial charge in [0, 0.05) is 74.6 Å². The van der Waals surface area contributed by atoms with Crippen molar-refractivity contribution in [1.29, 1.82) is 0 Å². The second-order valence-corrected chi connectivity index (χ2v) is 16.1. The van der Waals surface area contributed by atoms with Gasteiger partial charge in [0.1, 0.15) is 23.0 Å². The minimum absolute atomic E-state index is 0.556. The maximum Gasteiger partial charge on any atom is 0.137 e. The molecule has 0 radical (unpaired) electrons. The molecular formula is C60H44N2O2. The predicted octanol–water partition coefficient (Wildman–Crippen LogP) is 16.6. The molecule has 306 valence electrons. The van der Waals surface area contributed by atoms with Gasteiger partial charge in [0.15, 0.2) is 0 Å². The number of ether oxygens (including phenoxy) is 2. The second-order valence-electron chi connectivity index (χ2n) is 16.1. The van der Waals surface area contributed by atoms with E-state index in [-0.39, 0.29) is 0 Å². The predicted molar refractivity (Wildman–Crippen MR) is 269 cm³/mol. The van der Waals surface area contributed by atoms with E-state index in [2.05, 4.69) is 229 Å². The number of hydrogen-bond acceptors (Lipinski definition) is 4. The van der Waals surface area contributed by atoms with E-state index >= 15 is 0 Å². The molecular weight excluding hydrogens is 781 g/mol. The fraction of sp³-hybridized carbons (Fsp3) is 0.0333. The molecule has 9 aromatic rings. The first-order valence-corrected chi connectivity index (χ1v) is 21.7. The van der Waals surface area contributed by atoms with Crippen molar-refractivity contribution in [2.75, 3.05) is 16.3 Å². The molecule has 0 atom stereocenters. The fourth-order valence-corrected chi connectivity index (χ4v) is 9.38. The van der Waals surface area contributed by atoms with Crippen molar-refractivity contribution in [2.45, 2.75) is 6.92 Å². The van der Waals surface area contributed by atoms with Crippen molar-refractivity contribution in [3.8, 4) is 39.5 Å². The zero-order valence-corrected chi connectivity index (χ0v) is 35.5. The van der Waals surface area contributed by atoms with Crippen LogP contribution in [0.25, 0.3) is 55.1 Å². The molecule has 9 aromatic carbocycles. The van der Waals surface area contributed by atoms with Crippen LogP contribution in [-0.4, -0.2) is 6.54 Å². The highest BCUT2D eigenvalue weighted by atomic mass is 16.5. The van der Waals surface area contributed by atoms with Gasteiger partial charge in [0.2, 0.25) is 0 Å². The van der Waals surface area contributed by atoms with Gasteiger partial charge in [-0.25, -0.2) is 0 Å². The Morgan fingerprint density at radius 1 is 0.469 bits per heavy atom. The van der Waals surface area contributed by atoms with Crippen LogP contribution in [0.3, 0.4) is 0 Å². The van der Waals surface area contributed by atoms with Crippen LogP contribution in [0.2, 0.25) is 0 Å². The monoisotopic (exact) mass is 824 g/mol. The summed E-state index contributed by atoms with van der Waals surface area (Å²) >= 11 is 0. The molecule has 4 nitrogen and oxygen atoms in total. The van der Waals surface area contributed by atoms with Crippen LogP contribution in [0.15, 0.2) is 226 Å². The SMILES string of the molecule is C=C1c2ccc(N(C/C=C\C=C/C)c3ccccc3-c3ccccc3)cc2Oc2ccc3c(c21)C(=C)Oc1cc(N(c2ccccc2)c2cc4ccccc4c4ccccc24)ccc1-3. The molecule has 0 fully saturated rings. The summed E-state index contributed by atoms with van der Waals surface area (Å²) in [6.45, 7) is 11.9. The molecule has 0 N–H and O–H groups in total. The van der Waals surface area contributed by atoms with Crippen molar-refractivity contribution in [1.82, 2.24) is 0 Å². The van der Waals surface area contributed by atoms with Crippen molar-refractivity contribution in [2.24, 2.45) is 0 Å². The smallest absolute Gasteiger partial charge is 0.137 e. The van der Waals surface area contributed by atoms with Gasteiger partial charge in [0.25, 0.3) is 0 Å². The Bertz CT molecular complexity index is 3360. The van der Waals surface area contributed by atoms with E-state index in [0.29, 0.717) is 12.3 Å². The third-order valence-corrected chi connectivity index (χ3v) is 12.3. The summed E-state index contributed by atoms with van der Waals surface area (Å²) < 4.78 is 13.6. The van der Waals surface area contributed by atoms with Crippen LogP contribution in [0.1, 0.15) is 23.6 Å². The lowest BCUT2D eigenvalue weighted by atomic mass is 9.85. The third-order valence-electron chi connectivity index (χ3n) is 12.3. The summed E-state index contributed by atoms with van der Waals surface area (Å²) in [5, 5.41) is 4.79. The van der Waals surface area contributed by atoms with Crippen LogP contribution >= 0.6 is 0 Å². The van der Waals surface area contributed by atoms with Gasteiger partial charge < -0.3 is 19.3 Å². The molecule has 0 aromatic heterocycles. The first kappa shape index (κ1) is 38.6. The molecule has 2 heterocycles. The largest absolute Gasteiger partial charge is 0.457 e. The molecule has 4 heteroatoms. The van der Waals surface area contributed by atoms with E-state index in [1.807, 2.05) is 13.0 Å². The molecule has 0 aliphatic carbocycles. The molecule has 0 amide bonds. The Morgan fingerprint density at radius 3 is 1.95 bits per heavy atom. The van der Waals surface area contributed by atoms with Crippen molar-refractivity contribution in [3.05, 3.63) is 242 Å². The quantitative estimate of drug-likeness (QED) is 0.107. The standard InChI is InChI=1S/C60H44N2O2/c1-4-5-6-19-36-61(54-29-18-17-26-49(54)42-20-9-7-10-21-42)45-30-32-47-40(2)59-56(64-57(47)38-45)35-34-53-52-33-31-46(39-58(52)63-41(3)60(53)59)62(44-23-11-8-12-24-44)55-37-43-22-13-14-25-48(43)50-27-15-16-28-51(50)55/h4-35,37-39H,2-3,36H2,1H3/b5-4-,19-6-. The van der Waals surface area contributed by atoms with Gasteiger partial charge in [-0.2, -0.15) is 0 Å². The number of hydrogen-bond donors (Lipinski definition) is 0. The van der Waals surface area contributed by atoms with E-state index < -0.39 is 0 Å². The molecule has 64 heavy (non-hydrogen) atoms. The Balaban J connectivity index is 0.973. The number of rotatable bonds is 9. The van der Waals surface area contributed by atoms with E-state index in [4.69, 9.17) is 9.47 Å². The zero-order valence-electron chi connectivity index (χ0n) is 35.5. The van der Waals surface area contributed by atoms with Gasteiger partial charge >= 0.3 is 0 Å². The first-order valence-electron chi connectivity index (χ1n) is 21.7. The van der Waals surface area contributed by atoms with Crippen molar-refractivity contribution >= 4 is 61.3 Å². The maximum absolute atomic E-state index is 6.83. The number of allylic oxidation sites excluding steroid dienone is 3. The van der Waals surface area contributed by atoms with Crippen LogP contribution in [0.4, 0.5) is 28.4 Å². The van der Waals surface area contributed by atoms with Gasteiger partial charge in [-0.05, 0) is 100 Å².